The number of halogens is 2. The van der Waals surface area contributed by atoms with Crippen molar-refractivity contribution in [3.05, 3.63) is 68.5 Å². The highest BCUT2D eigenvalue weighted by atomic mass is 79.9. The predicted molar refractivity (Wildman–Crippen MR) is 94.5 cm³/mol. The summed E-state index contributed by atoms with van der Waals surface area (Å²) in [6, 6.07) is 14.5. The van der Waals surface area contributed by atoms with Crippen molar-refractivity contribution < 1.29 is 4.79 Å². The van der Waals surface area contributed by atoms with Crippen molar-refractivity contribution in [2.24, 2.45) is 0 Å². The summed E-state index contributed by atoms with van der Waals surface area (Å²) in [5, 5.41) is 0.773. The Kier molecular flexibility index (Phi) is 4.29. The summed E-state index contributed by atoms with van der Waals surface area (Å²) < 4.78 is 0.957. The maximum atomic E-state index is 12.8. The molecular formula is C16H10BrClN2OS. The van der Waals surface area contributed by atoms with Gasteiger partial charge >= 0.3 is 0 Å². The lowest BCUT2D eigenvalue weighted by Crippen LogP contribution is -2.01. The molecular weight excluding hydrogens is 384 g/mol. The Labute approximate surface area is 144 Å². The van der Waals surface area contributed by atoms with Crippen LogP contribution in [0.25, 0.3) is 11.3 Å². The first-order valence-electron chi connectivity index (χ1n) is 6.37. The molecule has 0 spiro atoms. The fraction of sp³-hybridized carbons (Fsp3) is 0. The van der Waals surface area contributed by atoms with Crippen LogP contribution in [0.3, 0.4) is 0 Å². The second-order valence-corrected chi connectivity index (χ2v) is 6.90. The molecule has 22 heavy (non-hydrogen) atoms. The molecule has 0 aliphatic carbocycles. The number of ketones is 1. The van der Waals surface area contributed by atoms with Gasteiger partial charge in [0.05, 0.1) is 10.7 Å². The first-order chi connectivity index (χ1) is 10.6. The van der Waals surface area contributed by atoms with Gasteiger partial charge in [-0.2, -0.15) is 0 Å². The lowest BCUT2D eigenvalue weighted by molar-refractivity contribution is 0.104. The van der Waals surface area contributed by atoms with Crippen molar-refractivity contribution in [1.29, 1.82) is 0 Å². The lowest BCUT2D eigenvalue weighted by Gasteiger charge is -2.04. The van der Waals surface area contributed by atoms with E-state index in [0.29, 0.717) is 26.3 Å². The van der Waals surface area contributed by atoms with E-state index in [1.807, 2.05) is 24.3 Å². The molecule has 0 aliphatic rings. The topological polar surface area (TPSA) is 56.0 Å². The average molecular weight is 394 g/mol. The van der Waals surface area contributed by atoms with Gasteiger partial charge in [0.25, 0.3) is 0 Å². The van der Waals surface area contributed by atoms with Crippen LogP contribution in [0.5, 0.6) is 0 Å². The largest absolute Gasteiger partial charge is 0.375 e. The molecule has 110 valence electrons. The van der Waals surface area contributed by atoms with Crippen LogP contribution in [0.4, 0.5) is 5.13 Å². The molecule has 2 aromatic carbocycles. The van der Waals surface area contributed by atoms with Crippen LogP contribution >= 0.6 is 38.9 Å². The number of aromatic nitrogens is 1. The molecule has 2 N–H and O–H groups in total. The summed E-state index contributed by atoms with van der Waals surface area (Å²) in [5.41, 5.74) is 7.69. The Morgan fingerprint density at radius 1 is 1.14 bits per heavy atom. The van der Waals surface area contributed by atoms with Gasteiger partial charge in [0.2, 0.25) is 5.78 Å². The highest BCUT2D eigenvalue weighted by Gasteiger charge is 2.21. The highest BCUT2D eigenvalue weighted by molar-refractivity contribution is 9.10. The van der Waals surface area contributed by atoms with Crippen LogP contribution in [-0.4, -0.2) is 10.8 Å². The molecule has 0 atom stereocenters. The van der Waals surface area contributed by atoms with E-state index in [1.54, 1.807) is 24.3 Å². The minimum absolute atomic E-state index is 0.169. The number of nitrogen functional groups attached to an aromatic ring is 1. The zero-order valence-corrected chi connectivity index (χ0v) is 14.4. The van der Waals surface area contributed by atoms with Crippen LogP contribution in [0.15, 0.2) is 53.0 Å². The van der Waals surface area contributed by atoms with Crippen molar-refractivity contribution in [2.75, 3.05) is 5.73 Å². The van der Waals surface area contributed by atoms with E-state index >= 15 is 0 Å². The van der Waals surface area contributed by atoms with E-state index < -0.39 is 0 Å². The monoisotopic (exact) mass is 392 g/mol. The molecule has 1 heterocycles. The van der Waals surface area contributed by atoms with Gasteiger partial charge in [-0.15, -0.1) is 0 Å². The summed E-state index contributed by atoms with van der Waals surface area (Å²) >= 11 is 10.7. The Morgan fingerprint density at radius 3 is 2.50 bits per heavy atom. The highest BCUT2D eigenvalue weighted by Crippen LogP contribution is 2.33. The SMILES string of the molecule is Nc1nc(-c2ccc(Br)cc2)c(C(=O)c2ccccc2Cl)s1. The van der Waals surface area contributed by atoms with Crippen molar-refractivity contribution in [1.82, 2.24) is 4.98 Å². The van der Waals surface area contributed by atoms with E-state index in [9.17, 15) is 4.79 Å². The number of nitrogens with zero attached hydrogens (tertiary/aromatic N) is 1. The third-order valence-corrected chi connectivity index (χ3v) is 4.83. The summed E-state index contributed by atoms with van der Waals surface area (Å²) in [6.07, 6.45) is 0. The first-order valence-corrected chi connectivity index (χ1v) is 8.36. The van der Waals surface area contributed by atoms with Crippen molar-refractivity contribution >= 4 is 49.8 Å². The number of benzene rings is 2. The molecule has 6 heteroatoms. The Bertz CT molecular complexity index is 846. The number of carbonyl (C=O) groups is 1. The minimum atomic E-state index is -0.169. The minimum Gasteiger partial charge on any atom is -0.375 e. The molecule has 0 fully saturated rings. The Hall–Kier alpha value is -1.69. The molecule has 0 unspecified atom stereocenters. The number of carbonyl (C=O) groups excluding carboxylic acids is 1. The summed E-state index contributed by atoms with van der Waals surface area (Å²) in [6.45, 7) is 0. The van der Waals surface area contributed by atoms with Gasteiger partial charge in [-0.1, -0.05) is 63.1 Å². The van der Waals surface area contributed by atoms with Crippen molar-refractivity contribution in [2.45, 2.75) is 0 Å². The Morgan fingerprint density at radius 2 is 1.82 bits per heavy atom. The van der Waals surface area contributed by atoms with Gasteiger partial charge in [0.15, 0.2) is 5.13 Å². The third kappa shape index (κ3) is 2.92. The number of hydrogen-bond acceptors (Lipinski definition) is 4. The predicted octanol–water partition coefficient (Wildman–Crippen LogP) is 5.04. The van der Waals surface area contributed by atoms with Gasteiger partial charge < -0.3 is 5.73 Å². The molecule has 0 radical (unpaired) electrons. The third-order valence-electron chi connectivity index (χ3n) is 3.09. The van der Waals surface area contributed by atoms with E-state index in [2.05, 4.69) is 20.9 Å². The van der Waals surface area contributed by atoms with Crippen molar-refractivity contribution in [3.63, 3.8) is 0 Å². The number of rotatable bonds is 3. The second kappa shape index (κ2) is 6.20. The fourth-order valence-electron chi connectivity index (χ4n) is 2.06. The van der Waals surface area contributed by atoms with Crippen LogP contribution < -0.4 is 5.73 Å². The molecule has 3 rings (SSSR count). The van der Waals surface area contributed by atoms with Gasteiger partial charge in [-0.05, 0) is 24.3 Å². The van der Waals surface area contributed by atoms with E-state index in [1.165, 1.54) is 11.3 Å². The van der Waals surface area contributed by atoms with Crippen molar-refractivity contribution in [3.8, 4) is 11.3 Å². The maximum Gasteiger partial charge on any atom is 0.206 e. The molecule has 0 aliphatic heterocycles. The molecule has 0 saturated carbocycles. The van der Waals surface area contributed by atoms with E-state index in [-0.39, 0.29) is 5.78 Å². The van der Waals surface area contributed by atoms with Crippen LogP contribution in [0, 0.1) is 0 Å². The lowest BCUT2D eigenvalue weighted by atomic mass is 10.1. The van der Waals surface area contributed by atoms with Crippen LogP contribution in [0.2, 0.25) is 5.02 Å². The number of thiazole rings is 1. The number of hydrogen-bond donors (Lipinski definition) is 1. The summed E-state index contributed by atoms with van der Waals surface area (Å²) in [7, 11) is 0. The molecule has 3 aromatic rings. The molecule has 0 bridgehead atoms. The average Bonchev–Trinajstić information content (AvgIpc) is 2.90. The smallest absolute Gasteiger partial charge is 0.206 e. The normalized spacial score (nSPS) is 10.6. The maximum absolute atomic E-state index is 12.8. The standard InChI is InChI=1S/C16H10BrClN2OS/c17-10-7-5-9(6-8-10)13-15(22-16(19)20-13)14(21)11-3-1-2-4-12(11)18/h1-8H,(H2,19,20). The van der Waals surface area contributed by atoms with Crippen LogP contribution in [-0.2, 0) is 0 Å². The molecule has 0 saturated heterocycles. The summed E-state index contributed by atoms with van der Waals surface area (Å²) in [5.74, 6) is -0.169. The quantitative estimate of drug-likeness (QED) is 0.634. The number of anilines is 1. The zero-order chi connectivity index (χ0) is 15.7. The number of nitrogens with two attached hydrogens (primary N) is 1. The van der Waals surface area contributed by atoms with Gasteiger partial charge in [-0.25, -0.2) is 4.98 Å². The van der Waals surface area contributed by atoms with E-state index in [0.717, 1.165) is 10.0 Å². The molecule has 1 aromatic heterocycles. The van der Waals surface area contributed by atoms with Gasteiger partial charge in [0.1, 0.15) is 4.88 Å². The molecule has 3 nitrogen and oxygen atoms in total. The fourth-order valence-corrected chi connectivity index (χ4v) is 3.36. The second-order valence-electron chi connectivity index (χ2n) is 4.55. The van der Waals surface area contributed by atoms with Gasteiger partial charge in [-0.3, -0.25) is 4.79 Å². The van der Waals surface area contributed by atoms with E-state index in [4.69, 9.17) is 17.3 Å². The first kappa shape index (κ1) is 15.2. The zero-order valence-electron chi connectivity index (χ0n) is 11.2. The van der Waals surface area contributed by atoms with Gasteiger partial charge in [0, 0.05) is 15.6 Å². The summed E-state index contributed by atoms with van der Waals surface area (Å²) in [4.78, 5) is 17.6. The van der Waals surface area contributed by atoms with Crippen LogP contribution in [0.1, 0.15) is 15.2 Å². The molecule has 0 amide bonds. The Balaban J connectivity index is 2.10.